The lowest BCUT2D eigenvalue weighted by atomic mass is 9.90. The van der Waals surface area contributed by atoms with E-state index in [1.807, 2.05) is 0 Å². The van der Waals surface area contributed by atoms with Gasteiger partial charge in [-0.25, -0.2) is 8.78 Å². The fourth-order valence-electron chi connectivity index (χ4n) is 2.79. The third-order valence-corrected chi connectivity index (χ3v) is 4.79. The topological polar surface area (TPSA) is 15.3 Å². The predicted molar refractivity (Wildman–Crippen MR) is 82.0 cm³/mol. The van der Waals surface area contributed by atoms with E-state index in [0.717, 1.165) is 38.5 Å². The largest absolute Gasteiger partial charge is 0.379 e. The summed E-state index contributed by atoms with van der Waals surface area (Å²) in [6, 6.07) is 2.38. The number of nitrogens with one attached hydrogen (secondary N) is 1. The van der Waals surface area contributed by atoms with Crippen LogP contribution in [0.1, 0.15) is 26.7 Å². The van der Waals surface area contributed by atoms with Crippen molar-refractivity contribution in [3.05, 3.63) is 28.2 Å². The first-order valence-electron chi connectivity index (χ1n) is 7.14. The zero-order chi connectivity index (χ0) is 14.7. The number of nitrogens with zero attached hydrogens (tertiary/aromatic N) is 1. The molecule has 1 aromatic carbocycles. The van der Waals surface area contributed by atoms with Crippen LogP contribution in [-0.4, -0.2) is 30.6 Å². The van der Waals surface area contributed by atoms with E-state index in [9.17, 15) is 8.78 Å². The predicted octanol–water partition coefficient (Wildman–Crippen LogP) is 4.26. The Labute approximate surface area is 127 Å². The van der Waals surface area contributed by atoms with Crippen LogP contribution in [-0.2, 0) is 0 Å². The average Bonchev–Trinajstić information content (AvgIpc) is 2.42. The van der Waals surface area contributed by atoms with Crippen molar-refractivity contribution in [3.63, 3.8) is 0 Å². The van der Waals surface area contributed by atoms with Crippen molar-refractivity contribution in [2.75, 3.05) is 25.0 Å². The average molecular weight is 347 g/mol. The normalized spacial score (nSPS) is 19.1. The summed E-state index contributed by atoms with van der Waals surface area (Å²) in [5, 5.41) is 3.20. The minimum atomic E-state index is -0.566. The van der Waals surface area contributed by atoms with Crippen molar-refractivity contribution in [2.45, 2.75) is 32.7 Å². The van der Waals surface area contributed by atoms with E-state index in [1.54, 1.807) is 0 Å². The number of hydrogen-bond acceptors (Lipinski definition) is 2. The molecule has 2 rings (SSSR count). The van der Waals surface area contributed by atoms with Crippen molar-refractivity contribution < 1.29 is 8.78 Å². The van der Waals surface area contributed by atoms with E-state index in [0.29, 0.717) is 16.1 Å². The first-order chi connectivity index (χ1) is 9.51. The minimum absolute atomic E-state index is 0.172. The Hall–Kier alpha value is -0.680. The molecule has 1 aliphatic rings. The monoisotopic (exact) mass is 346 g/mol. The molecular weight excluding hydrogens is 326 g/mol. The Balaban J connectivity index is 2.00. The molecule has 1 aliphatic heterocycles. The van der Waals surface area contributed by atoms with E-state index >= 15 is 0 Å². The standard InChI is InChI=1S/C15H21BrF2N2/c1-3-20-6-4-11(5-7-20)10(2)19-15-13(16)8-12(17)9-14(15)18/h8-11,19H,3-7H2,1-2H3. The SMILES string of the molecule is CCN1CCC(C(C)Nc2c(F)cc(F)cc2Br)CC1. The van der Waals surface area contributed by atoms with Crippen LogP contribution >= 0.6 is 15.9 Å². The second-order valence-electron chi connectivity index (χ2n) is 5.45. The summed E-state index contributed by atoms with van der Waals surface area (Å²) >= 11 is 3.22. The number of halogens is 3. The van der Waals surface area contributed by atoms with Crippen LogP contribution in [0.4, 0.5) is 14.5 Å². The zero-order valence-corrected chi connectivity index (χ0v) is 13.5. The van der Waals surface area contributed by atoms with Gasteiger partial charge in [-0.05, 0) is 67.3 Å². The summed E-state index contributed by atoms with van der Waals surface area (Å²) in [4.78, 5) is 2.43. The molecule has 0 spiro atoms. The van der Waals surface area contributed by atoms with Crippen LogP contribution in [0.15, 0.2) is 16.6 Å². The Bertz CT molecular complexity index is 436. The number of anilines is 1. The highest BCUT2D eigenvalue weighted by molar-refractivity contribution is 9.10. The Morgan fingerprint density at radius 2 is 2.00 bits per heavy atom. The number of rotatable bonds is 4. The smallest absolute Gasteiger partial charge is 0.150 e. The van der Waals surface area contributed by atoms with Gasteiger partial charge >= 0.3 is 0 Å². The molecule has 0 saturated carbocycles. The number of likely N-dealkylation sites (tertiary alicyclic amines) is 1. The molecule has 1 fully saturated rings. The lowest BCUT2D eigenvalue weighted by molar-refractivity contribution is 0.183. The first-order valence-corrected chi connectivity index (χ1v) is 7.94. The van der Waals surface area contributed by atoms with Crippen LogP contribution in [0.5, 0.6) is 0 Å². The molecule has 5 heteroatoms. The van der Waals surface area contributed by atoms with Crippen LogP contribution < -0.4 is 5.32 Å². The summed E-state index contributed by atoms with van der Waals surface area (Å²) in [6.45, 7) is 7.53. The van der Waals surface area contributed by atoms with Gasteiger partial charge in [-0.15, -0.1) is 0 Å². The van der Waals surface area contributed by atoms with Crippen LogP contribution in [0.3, 0.4) is 0 Å². The fraction of sp³-hybridized carbons (Fsp3) is 0.600. The van der Waals surface area contributed by atoms with Gasteiger partial charge in [0.1, 0.15) is 11.6 Å². The summed E-state index contributed by atoms with van der Waals surface area (Å²) in [5.41, 5.74) is 0.358. The molecule has 0 amide bonds. The van der Waals surface area contributed by atoms with Gasteiger partial charge in [0.2, 0.25) is 0 Å². The highest BCUT2D eigenvalue weighted by atomic mass is 79.9. The second-order valence-corrected chi connectivity index (χ2v) is 6.30. The van der Waals surface area contributed by atoms with Crippen molar-refractivity contribution in [2.24, 2.45) is 5.92 Å². The molecule has 1 atom stereocenters. The molecule has 1 aromatic rings. The molecule has 1 saturated heterocycles. The Morgan fingerprint density at radius 1 is 1.35 bits per heavy atom. The third kappa shape index (κ3) is 3.70. The molecule has 2 nitrogen and oxygen atoms in total. The molecule has 0 bridgehead atoms. The van der Waals surface area contributed by atoms with Gasteiger partial charge in [0.15, 0.2) is 0 Å². The van der Waals surface area contributed by atoms with E-state index < -0.39 is 11.6 Å². The highest BCUT2D eigenvalue weighted by Crippen LogP contribution is 2.30. The summed E-state index contributed by atoms with van der Waals surface area (Å²) in [6.07, 6.45) is 2.23. The van der Waals surface area contributed by atoms with E-state index in [2.05, 4.69) is 40.0 Å². The first kappa shape index (κ1) is 15.7. The third-order valence-electron chi connectivity index (χ3n) is 4.17. The van der Waals surface area contributed by atoms with Gasteiger partial charge in [-0.3, -0.25) is 0 Å². The van der Waals surface area contributed by atoms with Crippen molar-refractivity contribution in [1.82, 2.24) is 4.90 Å². The summed E-state index contributed by atoms with van der Waals surface area (Å²) in [5.74, 6) is -0.590. The minimum Gasteiger partial charge on any atom is -0.379 e. The molecule has 0 aliphatic carbocycles. The molecular formula is C15H21BrF2N2. The molecule has 0 radical (unpaired) electrons. The molecule has 1 heterocycles. The zero-order valence-electron chi connectivity index (χ0n) is 11.9. The van der Waals surface area contributed by atoms with Gasteiger partial charge in [0, 0.05) is 16.6 Å². The molecule has 112 valence electrons. The van der Waals surface area contributed by atoms with Gasteiger partial charge in [0.25, 0.3) is 0 Å². The second kappa shape index (κ2) is 6.85. The lowest BCUT2D eigenvalue weighted by Crippen LogP contribution is -2.39. The van der Waals surface area contributed by atoms with Gasteiger partial charge in [-0.1, -0.05) is 6.92 Å². The Morgan fingerprint density at radius 3 is 2.55 bits per heavy atom. The van der Waals surface area contributed by atoms with Gasteiger partial charge in [0.05, 0.1) is 5.69 Å². The maximum Gasteiger partial charge on any atom is 0.150 e. The van der Waals surface area contributed by atoms with E-state index in [4.69, 9.17) is 0 Å². The summed E-state index contributed by atoms with van der Waals surface area (Å²) < 4.78 is 27.3. The fourth-order valence-corrected chi connectivity index (χ4v) is 3.32. The lowest BCUT2D eigenvalue weighted by Gasteiger charge is -2.35. The number of hydrogen-bond donors (Lipinski definition) is 1. The van der Waals surface area contributed by atoms with Crippen LogP contribution in [0.2, 0.25) is 0 Å². The highest BCUT2D eigenvalue weighted by Gasteiger charge is 2.24. The number of piperidine rings is 1. The quantitative estimate of drug-likeness (QED) is 0.876. The molecule has 1 unspecified atom stereocenters. The maximum atomic E-state index is 13.8. The molecule has 0 aromatic heterocycles. The van der Waals surface area contributed by atoms with Crippen LogP contribution in [0.25, 0.3) is 0 Å². The van der Waals surface area contributed by atoms with E-state index in [1.165, 1.54) is 6.07 Å². The number of benzene rings is 1. The van der Waals surface area contributed by atoms with Crippen molar-refractivity contribution in [1.29, 1.82) is 0 Å². The molecule has 20 heavy (non-hydrogen) atoms. The van der Waals surface area contributed by atoms with Crippen LogP contribution in [0, 0.1) is 17.6 Å². The maximum absolute atomic E-state index is 13.8. The van der Waals surface area contributed by atoms with Crippen molar-refractivity contribution >= 4 is 21.6 Å². The Kier molecular flexibility index (Phi) is 5.38. The van der Waals surface area contributed by atoms with E-state index in [-0.39, 0.29) is 6.04 Å². The molecule has 1 N–H and O–H groups in total. The van der Waals surface area contributed by atoms with Crippen molar-refractivity contribution in [3.8, 4) is 0 Å². The summed E-state index contributed by atoms with van der Waals surface area (Å²) in [7, 11) is 0. The van der Waals surface area contributed by atoms with Gasteiger partial charge < -0.3 is 10.2 Å². The van der Waals surface area contributed by atoms with Gasteiger partial charge in [-0.2, -0.15) is 0 Å².